The van der Waals surface area contributed by atoms with Gasteiger partial charge in [-0.05, 0) is 37.4 Å². The lowest BCUT2D eigenvalue weighted by molar-refractivity contribution is 0.218. The van der Waals surface area contributed by atoms with Crippen molar-refractivity contribution < 1.29 is 4.39 Å². The highest BCUT2D eigenvalue weighted by molar-refractivity contribution is 5.17. The van der Waals surface area contributed by atoms with Gasteiger partial charge in [0, 0.05) is 19.1 Å². The fourth-order valence-electron chi connectivity index (χ4n) is 2.54. The lowest BCUT2D eigenvalue weighted by Gasteiger charge is -2.31. The topological polar surface area (TPSA) is 15.3 Å². The summed E-state index contributed by atoms with van der Waals surface area (Å²) in [4.78, 5) is 2.30. The number of nitrogens with one attached hydrogen (secondary N) is 1. The van der Waals surface area contributed by atoms with Gasteiger partial charge in [0.05, 0.1) is 6.54 Å². The van der Waals surface area contributed by atoms with Gasteiger partial charge in [0.25, 0.3) is 0 Å². The number of nitrogens with zero attached hydrogens (tertiary/aromatic N) is 1. The SMILES string of the molecule is C#CCN1CCC(NCCc2ccccc2F)CC1. The van der Waals surface area contributed by atoms with Gasteiger partial charge in [-0.1, -0.05) is 24.1 Å². The lowest BCUT2D eigenvalue weighted by Crippen LogP contribution is -2.43. The zero-order chi connectivity index (χ0) is 13.5. The van der Waals surface area contributed by atoms with Crippen LogP contribution < -0.4 is 5.32 Å². The van der Waals surface area contributed by atoms with Gasteiger partial charge in [0.15, 0.2) is 0 Å². The van der Waals surface area contributed by atoms with Crippen molar-refractivity contribution >= 4 is 0 Å². The molecule has 19 heavy (non-hydrogen) atoms. The van der Waals surface area contributed by atoms with Crippen molar-refractivity contribution in [3.05, 3.63) is 35.6 Å². The van der Waals surface area contributed by atoms with Crippen LogP contribution in [0.4, 0.5) is 4.39 Å². The first-order valence-electron chi connectivity index (χ1n) is 6.92. The normalized spacial score (nSPS) is 17.3. The highest BCUT2D eigenvalue weighted by Gasteiger charge is 2.17. The van der Waals surface area contributed by atoms with Crippen molar-refractivity contribution in [2.75, 3.05) is 26.2 Å². The molecule has 0 amide bonds. The molecule has 1 N–H and O–H groups in total. The highest BCUT2D eigenvalue weighted by Crippen LogP contribution is 2.10. The van der Waals surface area contributed by atoms with Gasteiger partial charge in [0.1, 0.15) is 5.82 Å². The third kappa shape index (κ3) is 4.34. The maximum atomic E-state index is 13.4. The van der Waals surface area contributed by atoms with E-state index in [1.165, 1.54) is 6.07 Å². The van der Waals surface area contributed by atoms with Gasteiger partial charge in [-0.3, -0.25) is 4.90 Å². The van der Waals surface area contributed by atoms with Gasteiger partial charge in [-0.2, -0.15) is 0 Å². The molecule has 1 heterocycles. The second kappa shape index (κ2) is 7.28. The molecule has 0 saturated carbocycles. The molecule has 0 aromatic heterocycles. The van der Waals surface area contributed by atoms with E-state index in [4.69, 9.17) is 6.42 Å². The maximum absolute atomic E-state index is 13.4. The van der Waals surface area contributed by atoms with E-state index in [1.54, 1.807) is 6.07 Å². The van der Waals surface area contributed by atoms with Crippen LogP contribution in [0.5, 0.6) is 0 Å². The van der Waals surface area contributed by atoms with Crippen molar-refractivity contribution in [3.8, 4) is 12.3 Å². The van der Waals surface area contributed by atoms with Crippen molar-refractivity contribution in [1.29, 1.82) is 0 Å². The number of halogens is 1. The Hall–Kier alpha value is -1.37. The number of hydrogen-bond acceptors (Lipinski definition) is 2. The van der Waals surface area contributed by atoms with E-state index in [0.29, 0.717) is 6.04 Å². The molecule has 3 heteroatoms. The summed E-state index contributed by atoms with van der Waals surface area (Å²) in [6.07, 6.45) is 8.31. The zero-order valence-electron chi connectivity index (χ0n) is 11.2. The molecule has 0 bridgehead atoms. The second-order valence-corrected chi connectivity index (χ2v) is 5.05. The Bertz CT molecular complexity index is 431. The van der Waals surface area contributed by atoms with Crippen molar-refractivity contribution in [3.63, 3.8) is 0 Å². The summed E-state index contributed by atoms with van der Waals surface area (Å²) in [6, 6.07) is 7.53. The lowest BCUT2D eigenvalue weighted by atomic mass is 10.0. The average molecular weight is 260 g/mol. The minimum atomic E-state index is -0.104. The van der Waals surface area contributed by atoms with Crippen LogP contribution in [0.1, 0.15) is 18.4 Å². The third-order valence-electron chi connectivity index (χ3n) is 3.69. The van der Waals surface area contributed by atoms with Crippen molar-refractivity contribution in [2.24, 2.45) is 0 Å². The summed E-state index contributed by atoms with van der Waals surface area (Å²) >= 11 is 0. The zero-order valence-corrected chi connectivity index (χ0v) is 11.2. The molecule has 2 rings (SSSR count). The molecule has 2 nitrogen and oxygen atoms in total. The van der Waals surface area contributed by atoms with Gasteiger partial charge < -0.3 is 5.32 Å². The predicted octanol–water partition coefficient (Wildman–Crippen LogP) is 2.06. The Labute approximate surface area is 115 Å². The van der Waals surface area contributed by atoms with Gasteiger partial charge in [0.2, 0.25) is 0 Å². The van der Waals surface area contributed by atoms with Crippen LogP contribution in [0.15, 0.2) is 24.3 Å². The van der Waals surface area contributed by atoms with Crippen molar-refractivity contribution in [2.45, 2.75) is 25.3 Å². The van der Waals surface area contributed by atoms with E-state index < -0.39 is 0 Å². The molecule has 1 aliphatic heterocycles. The van der Waals surface area contributed by atoms with Crippen LogP contribution in [0, 0.1) is 18.2 Å². The number of piperidine rings is 1. The van der Waals surface area contributed by atoms with Crippen LogP contribution in [-0.4, -0.2) is 37.1 Å². The van der Waals surface area contributed by atoms with Crippen LogP contribution in [-0.2, 0) is 6.42 Å². The summed E-state index contributed by atoms with van der Waals surface area (Å²) in [5.41, 5.74) is 0.791. The van der Waals surface area contributed by atoms with E-state index >= 15 is 0 Å². The fraction of sp³-hybridized carbons (Fsp3) is 0.500. The number of likely N-dealkylation sites (tertiary alicyclic amines) is 1. The maximum Gasteiger partial charge on any atom is 0.126 e. The Balaban J connectivity index is 1.67. The molecular formula is C16H21FN2. The number of terminal acetylenes is 1. The van der Waals surface area contributed by atoms with Gasteiger partial charge in [-0.25, -0.2) is 4.39 Å². The molecule has 1 aromatic rings. The largest absolute Gasteiger partial charge is 0.314 e. The van der Waals surface area contributed by atoms with E-state index in [2.05, 4.69) is 16.1 Å². The Kier molecular flexibility index (Phi) is 5.38. The number of benzene rings is 1. The molecule has 0 atom stereocenters. The smallest absolute Gasteiger partial charge is 0.126 e. The quantitative estimate of drug-likeness (QED) is 0.815. The van der Waals surface area contributed by atoms with Crippen LogP contribution in [0.25, 0.3) is 0 Å². The molecule has 1 fully saturated rings. The van der Waals surface area contributed by atoms with Crippen LogP contribution in [0.3, 0.4) is 0 Å². The number of hydrogen-bond donors (Lipinski definition) is 1. The Morgan fingerprint density at radius 1 is 1.32 bits per heavy atom. The summed E-state index contributed by atoms with van der Waals surface area (Å²) in [6.45, 7) is 3.70. The molecule has 1 aliphatic rings. The molecule has 0 radical (unpaired) electrons. The minimum Gasteiger partial charge on any atom is -0.314 e. The van der Waals surface area contributed by atoms with E-state index in [-0.39, 0.29) is 5.82 Å². The average Bonchev–Trinajstić information content (AvgIpc) is 2.43. The Morgan fingerprint density at radius 2 is 2.05 bits per heavy atom. The number of rotatable bonds is 5. The first kappa shape index (κ1) is 14.0. The molecule has 1 saturated heterocycles. The first-order valence-corrected chi connectivity index (χ1v) is 6.92. The van der Waals surface area contributed by atoms with Crippen molar-refractivity contribution in [1.82, 2.24) is 10.2 Å². The standard InChI is InChI=1S/C16H21FN2/c1-2-11-19-12-8-15(9-13-19)18-10-7-14-5-3-4-6-16(14)17/h1,3-6,15,18H,7-13H2. The second-order valence-electron chi connectivity index (χ2n) is 5.05. The Morgan fingerprint density at radius 3 is 2.74 bits per heavy atom. The molecular weight excluding hydrogens is 239 g/mol. The van der Waals surface area contributed by atoms with Gasteiger partial charge in [-0.15, -0.1) is 6.42 Å². The third-order valence-corrected chi connectivity index (χ3v) is 3.69. The molecule has 0 unspecified atom stereocenters. The molecule has 0 aliphatic carbocycles. The minimum absolute atomic E-state index is 0.104. The predicted molar refractivity (Wildman–Crippen MR) is 76.4 cm³/mol. The monoisotopic (exact) mass is 260 g/mol. The van der Waals surface area contributed by atoms with Crippen LogP contribution in [0.2, 0.25) is 0 Å². The molecule has 1 aromatic carbocycles. The molecule has 102 valence electrons. The van der Waals surface area contributed by atoms with E-state index in [0.717, 1.165) is 51.0 Å². The van der Waals surface area contributed by atoms with Crippen LogP contribution >= 0.6 is 0 Å². The summed E-state index contributed by atoms with van der Waals surface area (Å²) in [5, 5.41) is 3.51. The summed E-state index contributed by atoms with van der Waals surface area (Å²) < 4.78 is 13.4. The summed E-state index contributed by atoms with van der Waals surface area (Å²) in [7, 11) is 0. The first-order chi connectivity index (χ1) is 9.29. The molecule has 0 spiro atoms. The fourth-order valence-corrected chi connectivity index (χ4v) is 2.54. The van der Waals surface area contributed by atoms with E-state index in [9.17, 15) is 4.39 Å². The summed E-state index contributed by atoms with van der Waals surface area (Å²) in [5.74, 6) is 2.58. The van der Waals surface area contributed by atoms with E-state index in [1.807, 2.05) is 12.1 Å². The highest BCUT2D eigenvalue weighted by atomic mass is 19.1. The van der Waals surface area contributed by atoms with Gasteiger partial charge >= 0.3 is 0 Å².